The molecule has 0 aliphatic heterocycles. The summed E-state index contributed by atoms with van der Waals surface area (Å²) in [7, 11) is 0. The second-order valence-corrected chi connectivity index (χ2v) is 3.81. The number of carboxylic acid groups (broad SMARTS) is 1. The van der Waals surface area contributed by atoms with Gasteiger partial charge in [-0.15, -0.1) is 11.3 Å². The Morgan fingerprint density at radius 2 is 2.40 bits per heavy atom. The summed E-state index contributed by atoms with van der Waals surface area (Å²) < 4.78 is 1.19. The van der Waals surface area contributed by atoms with Gasteiger partial charge in [-0.3, -0.25) is 0 Å². The number of thiophene rings is 1. The number of aryl methyl sites for hydroxylation is 1. The summed E-state index contributed by atoms with van der Waals surface area (Å²) in [4.78, 5) is 22.3. The summed E-state index contributed by atoms with van der Waals surface area (Å²) in [5.74, 6) is -1.05. The number of aromatic amines is 1. The Morgan fingerprint density at radius 3 is 2.93 bits per heavy atom. The van der Waals surface area contributed by atoms with E-state index in [1.165, 1.54) is 10.9 Å². The third kappa shape index (κ3) is 1.46. The van der Waals surface area contributed by atoms with Crippen LogP contribution in [0.4, 0.5) is 0 Å². The Morgan fingerprint density at radius 1 is 1.67 bits per heavy atom. The first kappa shape index (κ1) is 9.66. The van der Waals surface area contributed by atoms with E-state index in [4.69, 9.17) is 5.11 Å². The third-order valence-corrected chi connectivity index (χ3v) is 3.00. The van der Waals surface area contributed by atoms with Crippen molar-refractivity contribution in [1.29, 1.82) is 0 Å². The molecule has 0 aromatic carbocycles. The van der Waals surface area contributed by atoms with Crippen molar-refractivity contribution in [2.45, 2.75) is 6.92 Å². The molecule has 2 heterocycles. The summed E-state index contributed by atoms with van der Waals surface area (Å²) in [6, 6.07) is 0. The molecule has 0 atom stereocenters. The van der Waals surface area contributed by atoms with Crippen molar-refractivity contribution < 1.29 is 9.90 Å². The fraction of sp³-hybridized carbons (Fsp3) is 0.125. The van der Waals surface area contributed by atoms with Gasteiger partial charge >= 0.3 is 11.7 Å². The Labute approximate surface area is 87.8 Å². The number of rotatable bonds is 2. The lowest BCUT2D eigenvalue weighted by atomic mass is 10.2. The molecule has 6 nitrogen and oxygen atoms in total. The van der Waals surface area contributed by atoms with Crippen LogP contribution in [0.15, 0.2) is 16.5 Å². The van der Waals surface area contributed by atoms with Crippen molar-refractivity contribution in [2.24, 2.45) is 0 Å². The van der Waals surface area contributed by atoms with Crippen LogP contribution < -0.4 is 5.69 Å². The number of aromatic carboxylic acids is 1. The molecule has 0 aliphatic carbocycles. The van der Waals surface area contributed by atoms with Gasteiger partial charge in [0.1, 0.15) is 11.2 Å². The molecule has 0 amide bonds. The molecule has 0 saturated carbocycles. The lowest BCUT2D eigenvalue weighted by Gasteiger charge is -2.00. The van der Waals surface area contributed by atoms with Crippen LogP contribution >= 0.6 is 11.3 Å². The zero-order chi connectivity index (χ0) is 11.0. The van der Waals surface area contributed by atoms with Gasteiger partial charge < -0.3 is 5.11 Å². The summed E-state index contributed by atoms with van der Waals surface area (Å²) in [5, 5.41) is 16.4. The number of hydrogen-bond donors (Lipinski definition) is 2. The van der Waals surface area contributed by atoms with Gasteiger partial charge in [0.05, 0.1) is 5.69 Å². The maximum atomic E-state index is 11.3. The second kappa shape index (κ2) is 3.35. The molecule has 2 rings (SSSR count). The number of nitrogens with zero attached hydrogens (tertiary/aromatic N) is 2. The highest BCUT2D eigenvalue weighted by atomic mass is 32.1. The van der Waals surface area contributed by atoms with E-state index in [0.717, 1.165) is 16.9 Å². The minimum Gasteiger partial charge on any atom is -0.477 e. The Balaban J connectivity index is 2.72. The van der Waals surface area contributed by atoms with Crippen LogP contribution in [0.25, 0.3) is 5.69 Å². The normalized spacial score (nSPS) is 10.5. The molecule has 0 saturated heterocycles. The highest BCUT2D eigenvalue weighted by Gasteiger charge is 2.18. The number of H-pyrrole nitrogens is 1. The van der Waals surface area contributed by atoms with Crippen LogP contribution in [0.3, 0.4) is 0 Å². The van der Waals surface area contributed by atoms with Gasteiger partial charge in [0.15, 0.2) is 0 Å². The van der Waals surface area contributed by atoms with Crippen molar-refractivity contribution in [2.75, 3.05) is 0 Å². The van der Waals surface area contributed by atoms with E-state index >= 15 is 0 Å². The van der Waals surface area contributed by atoms with Crippen LogP contribution in [0.1, 0.15) is 15.2 Å². The molecule has 2 aromatic rings. The molecular formula is C8H7N3O3S. The van der Waals surface area contributed by atoms with Crippen molar-refractivity contribution >= 4 is 17.3 Å². The van der Waals surface area contributed by atoms with E-state index in [1.807, 2.05) is 0 Å². The minimum atomic E-state index is -1.05. The molecular weight excluding hydrogens is 218 g/mol. The smallest absolute Gasteiger partial charge is 0.348 e. The van der Waals surface area contributed by atoms with E-state index < -0.39 is 11.7 Å². The molecule has 0 fully saturated rings. The number of hydrogen-bond acceptors (Lipinski definition) is 4. The van der Waals surface area contributed by atoms with Gasteiger partial charge in [0.25, 0.3) is 0 Å². The highest BCUT2D eigenvalue weighted by molar-refractivity contribution is 7.12. The molecule has 7 heteroatoms. The van der Waals surface area contributed by atoms with Crippen LogP contribution in [0.2, 0.25) is 0 Å². The van der Waals surface area contributed by atoms with E-state index in [0.29, 0.717) is 5.69 Å². The first-order chi connectivity index (χ1) is 7.11. The zero-order valence-electron chi connectivity index (χ0n) is 7.72. The first-order valence-electron chi connectivity index (χ1n) is 4.05. The minimum absolute atomic E-state index is 0.135. The number of carbonyl (C=O) groups is 1. The van der Waals surface area contributed by atoms with E-state index in [9.17, 15) is 9.59 Å². The standard InChI is InChI=1S/C8H7N3O3S/c1-4-2-15-6(7(12)13)5(4)11-3-9-10-8(11)14/h2-3H,1H3,(H,10,14)(H,12,13). The quantitative estimate of drug-likeness (QED) is 0.784. The molecule has 0 aliphatic rings. The summed E-state index contributed by atoms with van der Waals surface area (Å²) in [6.45, 7) is 1.75. The molecule has 0 spiro atoms. The van der Waals surface area contributed by atoms with Gasteiger partial charge in [0.2, 0.25) is 0 Å². The van der Waals surface area contributed by atoms with Gasteiger partial charge in [0, 0.05) is 0 Å². The molecule has 0 radical (unpaired) electrons. The fourth-order valence-corrected chi connectivity index (χ4v) is 2.17. The molecule has 15 heavy (non-hydrogen) atoms. The molecule has 0 bridgehead atoms. The maximum absolute atomic E-state index is 11.3. The van der Waals surface area contributed by atoms with Gasteiger partial charge in [-0.25, -0.2) is 19.3 Å². The number of aromatic nitrogens is 3. The fourth-order valence-electron chi connectivity index (χ4n) is 1.30. The maximum Gasteiger partial charge on any atom is 0.348 e. The van der Waals surface area contributed by atoms with E-state index in [2.05, 4.69) is 10.2 Å². The van der Waals surface area contributed by atoms with Crippen LogP contribution in [-0.4, -0.2) is 25.8 Å². The van der Waals surface area contributed by atoms with Crippen molar-refractivity contribution in [1.82, 2.24) is 14.8 Å². The molecule has 0 unspecified atom stereocenters. The van der Waals surface area contributed by atoms with Crippen molar-refractivity contribution in [3.05, 3.63) is 32.6 Å². The van der Waals surface area contributed by atoms with E-state index in [-0.39, 0.29) is 4.88 Å². The first-order valence-corrected chi connectivity index (χ1v) is 4.93. The average Bonchev–Trinajstić information content (AvgIpc) is 2.71. The SMILES string of the molecule is Cc1csc(C(=O)O)c1-n1cn[nH]c1=O. The monoisotopic (exact) mass is 225 g/mol. The highest BCUT2D eigenvalue weighted by Crippen LogP contribution is 2.24. The predicted molar refractivity (Wildman–Crippen MR) is 53.8 cm³/mol. The van der Waals surface area contributed by atoms with Crippen molar-refractivity contribution in [3.8, 4) is 5.69 Å². The summed E-state index contributed by atoms with van der Waals surface area (Å²) >= 11 is 1.09. The average molecular weight is 225 g/mol. The third-order valence-electron chi connectivity index (χ3n) is 1.93. The predicted octanol–water partition coefficient (Wildman–Crippen LogP) is 0.629. The topological polar surface area (TPSA) is 88.0 Å². The molecule has 2 N–H and O–H groups in total. The Bertz CT molecular complexity index is 566. The van der Waals surface area contributed by atoms with E-state index in [1.54, 1.807) is 12.3 Å². The zero-order valence-corrected chi connectivity index (χ0v) is 8.54. The summed E-state index contributed by atoms with van der Waals surface area (Å²) in [5.41, 5.74) is 0.672. The lowest BCUT2D eigenvalue weighted by Crippen LogP contribution is -2.16. The Kier molecular flexibility index (Phi) is 2.16. The molecule has 78 valence electrons. The van der Waals surface area contributed by atoms with Gasteiger partial charge in [-0.05, 0) is 17.9 Å². The van der Waals surface area contributed by atoms with Crippen LogP contribution in [-0.2, 0) is 0 Å². The molecule has 2 aromatic heterocycles. The van der Waals surface area contributed by atoms with Gasteiger partial charge in [-0.2, -0.15) is 5.10 Å². The van der Waals surface area contributed by atoms with Crippen LogP contribution in [0.5, 0.6) is 0 Å². The largest absolute Gasteiger partial charge is 0.477 e. The number of nitrogens with one attached hydrogen (secondary N) is 1. The van der Waals surface area contributed by atoms with Crippen LogP contribution in [0, 0.1) is 6.92 Å². The lowest BCUT2D eigenvalue weighted by molar-refractivity contribution is 0.0702. The number of carboxylic acids is 1. The Hall–Kier alpha value is -1.89. The van der Waals surface area contributed by atoms with Gasteiger partial charge in [-0.1, -0.05) is 0 Å². The summed E-state index contributed by atoms with van der Waals surface area (Å²) in [6.07, 6.45) is 1.27. The van der Waals surface area contributed by atoms with Crippen molar-refractivity contribution in [3.63, 3.8) is 0 Å². The second-order valence-electron chi connectivity index (χ2n) is 2.93.